The molecule has 0 aliphatic rings. The summed E-state index contributed by atoms with van der Waals surface area (Å²) in [5, 5.41) is 7.45. The third kappa shape index (κ3) is 2.63. The quantitative estimate of drug-likeness (QED) is 0.542. The van der Waals surface area contributed by atoms with Gasteiger partial charge in [-0.15, -0.1) is 10.2 Å². The summed E-state index contributed by atoms with van der Waals surface area (Å²) in [6, 6.07) is 8.63. The number of aromatic nitrogens is 2. The minimum absolute atomic E-state index is 0.176. The standard InChI is InChI=1S/C16H14N2O4/c1-3-12-10(2)8-14(21-12)16(19)22-13-7-5-4-6-11(13)15-18-17-9-20-15/h4-9H,3H2,1-2H3. The van der Waals surface area contributed by atoms with E-state index in [4.69, 9.17) is 13.6 Å². The van der Waals surface area contributed by atoms with Crippen molar-refractivity contribution in [1.29, 1.82) is 0 Å². The summed E-state index contributed by atoms with van der Waals surface area (Å²) in [5.74, 6) is 1.01. The predicted molar refractivity (Wildman–Crippen MR) is 77.5 cm³/mol. The number of benzene rings is 1. The molecule has 22 heavy (non-hydrogen) atoms. The zero-order chi connectivity index (χ0) is 15.5. The summed E-state index contributed by atoms with van der Waals surface area (Å²) in [6.45, 7) is 3.86. The van der Waals surface area contributed by atoms with Gasteiger partial charge in [-0.25, -0.2) is 4.79 Å². The molecule has 3 aromatic rings. The number of furan rings is 1. The fourth-order valence-electron chi connectivity index (χ4n) is 2.14. The Morgan fingerprint density at radius 2 is 2.14 bits per heavy atom. The second-order valence-electron chi connectivity index (χ2n) is 4.70. The SMILES string of the molecule is CCc1oc(C(=O)Oc2ccccc2-c2nnco2)cc1C. The lowest BCUT2D eigenvalue weighted by Crippen LogP contribution is -2.08. The molecule has 0 unspecified atom stereocenters. The molecule has 0 N–H and O–H groups in total. The fourth-order valence-corrected chi connectivity index (χ4v) is 2.14. The third-order valence-electron chi connectivity index (χ3n) is 3.22. The second kappa shape index (κ2) is 5.85. The topological polar surface area (TPSA) is 78.4 Å². The Morgan fingerprint density at radius 1 is 1.32 bits per heavy atom. The van der Waals surface area contributed by atoms with E-state index < -0.39 is 5.97 Å². The predicted octanol–water partition coefficient (Wildman–Crippen LogP) is 3.42. The van der Waals surface area contributed by atoms with Gasteiger partial charge in [0.15, 0.2) is 0 Å². The van der Waals surface area contributed by atoms with Gasteiger partial charge in [0.2, 0.25) is 12.2 Å². The van der Waals surface area contributed by atoms with Crippen LogP contribution in [0.4, 0.5) is 0 Å². The molecule has 0 amide bonds. The van der Waals surface area contributed by atoms with E-state index in [2.05, 4.69) is 10.2 Å². The van der Waals surface area contributed by atoms with Crippen LogP contribution in [-0.2, 0) is 6.42 Å². The lowest BCUT2D eigenvalue weighted by molar-refractivity contribution is 0.0700. The zero-order valence-electron chi connectivity index (χ0n) is 12.2. The van der Waals surface area contributed by atoms with Gasteiger partial charge in [-0.3, -0.25) is 0 Å². The van der Waals surface area contributed by atoms with Crippen molar-refractivity contribution in [2.24, 2.45) is 0 Å². The van der Waals surface area contributed by atoms with Crippen molar-refractivity contribution in [3.63, 3.8) is 0 Å². The van der Waals surface area contributed by atoms with E-state index in [-0.39, 0.29) is 11.7 Å². The Balaban J connectivity index is 1.88. The molecule has 0 bridgehead atoms. The highest BCUT2D eigenvalue weighted by Gasteiger charge is 2.19. The van der Waals surface area contributed by atoms with Crippen LogP contribution in [-0.4, -0.2) is 16.2 Å². The molecule has 6 heteroatoms. The first-order valence-electron chi connectivity index (χ1n) is 6.86. The molecule has 1 aromatic carbocycles. The van der Waals surface area contributed by atoms with Gasteiger partial charge < -0.3 is 13.6 Å². The lowest BCUT2D eigenvalue weighted by Gasteiger charge is -2.05. The number of ether oxygens (including phenoxy) is 1. The van der Waals surface area contributed by atoms with E-state index in [1.807, 2.05) is 13.8 Å². The summed E-state index contributed by atoms with van der Waals surface area (Å²) >= 11 is 0. The minimum atomic E-state index is -0.560. The smallest absolute Gasteiger partial charge is 0.379 e. The lowest BCUT2D eigenvalue weighted by atomic mass is 10.2. The Hall–Kier alpha value is -2.89. The average Bonchev–Trinajstić information content (AvgIpc) is 3.17. The molecule has 2 aromatic heterocycles. The van der Waals surface area contributed by atoms with Crippen molar-refractivity contribution in [1.82, 2.24) is 10.2 Å². The summed E-state index contributed by atoms with van der Waals surface area (Å²) in [6.07, 6.45) is 1.94. The highest BCUT2D eigenvalue weighted by atomic mass is 16.5. The molecule has 6 nitrogen and oxygen atoms in total. The van der Waals surface area contributed by atoms with Crippen LogP contribution in [0.5, 0.6) is 5.75 Å². The number of para-hydroxylation sites is 1. The molecular formula is C16H14N2O4. The van der Waals surface area contributed by atoms with Crippen LogP contribution in [0.2, 0.25) is 0 Å². The fraction of sp³-hybridized carbons (Fsp3) is 0.188. The second-order valence-corrected chi connectivity index (χ2v) is 4.70. The first-order valence-corrected chi connectivity index (χ1v) is 6.86. The number of carbonyl (C=O) groups excluding carboxylic acids is 1. The van der Waals surface area contributed by atoms with Crippen molar-refractivity contribution < 1.29 is 18.4 Å². The van der Waals surface area contributed by atoms with Crippen LogP contribution in [0.3, 0.4) is 0 Å². The van der Waals surface area contributed by atoms with Crippen molar-refractivity contribution >= 4 is 5.97 Å². The van der Waals surface area contributed by atoms with Gasteiger partial charge in [-0.1, -0.05) is 19.1 Å². The van der Waals surface area contributed by atoms with Gasteiger partial charge in [0.1, 0.15) is 11.5 Å². The van der Waals surface area contributed by atoms with Crippen LogP contribution in [0, 0.1) is 6.92 Å². The van der Waals surface area contributed by atoms with E-state index >= 15 is 0 Å². The minimum Gasteiger partial charge on any atom is -0.454 e. The van der Waals surface area contributed by atoms with E-state index in [0.29, 0.717) is 11.3 Å². The number of hydrogen-bond donors (Lipinski definition) is 0. The van der Waals surface area contributed by atoms with Crippen LogP contribution >= 0.6 is 0 Å². The molecule has 3 rings (SSSR count). The number of aryl methyl sites for hydroxylation is 2. The summed E-state index contributed by atoms with van der Waals surface area (Å²) < 4.78 is 16.1. The molecule has 0 radical (unpaired) electrons. The number of hydrogen-bond acceptors (Lipinski definition) is 6. The molecule has 0 fully saturated rings. The van der Waals surface area contributed by atoms with Gasteiger partial charge in [-0.05, 0) is 30.7 Å². The molecule has 0 saturated carbocycles. The van der Waals surface area contributed by atoms with Gasteiger partial charge in [0.05, 0.1) is 5.56 Å². The molecule has 0 aliphatic heterocycles. The molecular weight excluding hydrogens is 284 g/mol. The number of rotatable bonds is 4. The maximum absolute atomic E-state index is 12.2. The van der Waals surface area contributed by atoms with E-state index in [0.717, 1.165) is 17.7 Å². The Kier molecular flexibility index (Phi) is 3.74. The number of carbonyl (C=O) groups is 1. The molecule has 0 aliphatic carbocycles. The molecule has 0 saturated heterocycles. The van der Waals surface area contributed by atoms with Crippen LogP contribution in [0.15, 0.2) is 45.6 Å². The summed E-state index contributed by atoms with van der Waals surface area (Å²) in [4.78, 5) is 12.2. The van der Waals surface area contributed by atoms with E-state index in [1.54, 1.807) is 30.3 Å². The maximum Gasteiger partial charge on any atom is 0.379 e. The van der Waals surface area contributed by atoms with Gasteiger partial charge in [0, 0.05) is 6.42 Å². The normalized spacial score (nSPS) is 10.6. The van der Waals surface area contributed by atoms with Gasteiger partial charge in [0.25, 0.3) is 5.89 Å². The van der Waals surface area contributed by atoms with E-state index in [9.17, 15) is 4.79 Å². The van der Waals surface area contributed by atoms with Crippen molar-refractivity contribution in [2.75, 3.05) is 0 Å². The Labute approximate surface area is 126 Å². The van der Waals surface area contributed by atoms with Gasteiger partial charge in [-0.2, -0.15) is 0 Å². The summed E-state index contributed by atoms with van der Waals surface area (Å²) in [5.41, 5.74) is 1.48. The third-order valence-corrected chi connectivity index (χ3v) is 3.22. The van der Waals surface area contributed by atoms with Gasteiger partial charge >= 0.3 is 5.97 Å². The Bertz CT molecular complexity index is 790. The largest absolute Gasteiger partial charge is 0.454 e. The van der Waals surface area contributed by atoms with Crippen molar-refractivity contribution in [3.05, 3.63) is 53.8 Å². The highest BCUT2D eigenvalue weighted by Crippen LogP contribution is 2.29. The Morgan fingerprint density at radius 3 is 2.82 bits per heavy atom. The number of esters is 1. The van der Waals surface area contributed by atoms with Crippen LogP contribution in [0.25, 0.3) is 11.5 Å². The molecule has 0 spiro atoms. The van der Waals surface area contributed by atoms with E-state index in [1.165, 1.54) is 6.39 Å². The summed E-state index contributed by atoms with van der Waals surface area (Å²) in [7, 11) is 0. The monoisotopic (exact) mass is 298 g/mol. The zero-order valence-corrected chi connectivity index (χ0v) is 12.2. The van der Waals surface area contributed by atoms with Crippen molar-refractivity contribution in [2.45, 2.75) is 20.3 Å². The maximum atomic E-state index is 12.2. The number of nitrogens with zero attached hydrogens (tertiary/aromatic N) is 2. The van der Waals surface area contributed by atoms with Crippen molar-refractivity contribution in [3.8, 4) is 17.2 Å². The molecule has 2 heterocycles. The van der Waals surface area contributed by atoms with Crippen LogP contribution in [0.1, 0.15) is 28.8 Å². The first kappa shape index (κ1) is 14.1. The first-order chi connectivity index (χ1) is 10.7. The van der Waals surface area contributed by atoms with Crippen LogP contribution < -0.4 is 4.74 Å². The molecule has 112 valence electrons. The highest BCUT2D eigenvalue weighted by molar-refractivity contribution is 5.89. The molecule has 0 atom stereocenters. The average molecular weight is 298 g/mol.